The zero-order valence-corrected chi connectivity index (χ0v) is 16.7. The molecule has 1 aromatic heterocycles. The van der Waals surface area contributed by atoms with Gasteiger partial charge in [-0.1, -0.05) is 50.7 Å². The van der Waals surface area contributed by atoms with Gasteiger partial charge < -0.3 is 5.32 Å². The van der Waals surface area contributed by atoms with Crippen molar-refractivity contribution in [1.82, 2.24) is 9.55 Å². The van der Waals surface area contributed by atoms with E-state index in [1.54, 1.807) is 22.4 Å². The summed E-state index contributed by atoms with van der Waals surface area (Å²) in [6, 6.07) is 7.37. The molecule has 0 saturated heterocycles. The van der Waals surface area contributed by atoms with Crippen LogP contribution in [-0.4, -0.2) is 21.2 Å². The lowest BCUT2D eigenvalue weighted by atomic mass is 9.92. The molecule has 5 nitrogen and oxygen atoms in total. The molecule has 1 aliphatic heterocycles. The first-order valence-electron chi connectivity index (χ1n) is 8.80. The number of anilines is 1. The largest absolute Gasteiger partial charge is 0.326 e. The number of rotatable bonds is 3. The normalized spacial score (nSPS) is 16.4. The molecule has 0 fully saturated rings. The molecule has 138 valence electrons. The lowest BCUT2D eigenvalue weighted by Gasteiger charge is -2.19. The van der Waals surface area contributed by atoms with Crippen LogP contribution >= 0.6 is 11.8 Å². The van der Waals surface area contributed by atoms with Crippen molar-refractivity contribution >= 4 is 23.4 Å². The molecule has 0 bridgehead atoms. The highest BCUT2D eigenvalue weighted by atomic mass is 32.2. The van der Waals surface area contributed by atoms with E-state index in [0.29, 0.717) is 10.9 Å². The average Bonchev–Trinajstić information content (AvgIpc) is 2.94. The standard InChI is InChI=1S/C20H25N3O2S/c1-12-7-6-8-13(2)18(12)22-16(24)9-14-11-26-19-21-15(20(3,4)5)10-17(25)23(14)19/h6-8,10,14H,9,11H2,1-5H3,(H,22,24). The Kier molecular flexibility index (Phi) is 4.97. The highest BCUT2D eigenvalue weighted by Crippen LogP contribution is 2.34. The molecule has 0 saturated carbocycles. The molecule has 6 heteroatoms. The summed E-state index contributed by atoms with van der Waals surface area (Å²) >= 11 is 1.55. The van der Waals surface area contributed by atoms with Gasteiger partial charge in [-0.15, -0.1) is 0 Å². The van der Waals surface area contributed by atoms with Crippen LogP contribution in [-0.2, 0) is 10.2 Å². The highest BCUT2D eigenvalue weighted by molar-refractivity contribution is 7.99. The summed E-state index contributed by atoms with van der Waals surface area (Å²) < 4.78 is 1.67. The van der Waals surface area contributed by atoms with E-state index in [1.165, 1.54) is 0 Å². The van der Waals surface area contributed by atoms with Gasteiger partial charge in [-0.05, 0) is 25.0 Å². The van der Waals surface area contributed by atoms with Crippen LogP contribution in [0.5, 0.6) is 0 Å². The Labute approximate surface area is 158 Å². The van der Waals surface area contributed by atoms with Crippen LogP contribution in [0.15, 0.2) is 34.2 Å². The third-order valence-electron chi connectivity index (χ3n) is 4.62. The van der Waals surface area contributed by atoms with E-state index in [0.717, 1.165) is 22.5 Å². The minimum Gasteiger partial charge on any atom is -0.326 e. The maximum absolute atomic E-state index is 12.6. The minimum absolute atomic E-state index is 0.0743. The van der Waals surface area contributed by atoms with Crippen molar-refractivity contribution in [1.29, 1.82) is 0 Å². The maximum atomic E-state index is 12.6. The van der Waals surface area contributed by atoms with Crippen molar-refractivity contribution in [2.24, 2.45) is 0 Å². The molecule has 2 aromatic rings. The van der Waals surface area contributed by atoms with Gasteiger partial charge in [0.1, 0.15) is 0 Å². The third-order valence-corrected chi connectivity index (χ3v) is 5.72. The molecule has 2 heterocycles. The molecule has 1 aromatic carbocycles. The van der Waals surface area contributed by atoms with E-state index < -0.39 is 0 Å². The van der Waals surface area contributed by atoms with Gasteiger partial charge in [0.05, 0.1) is 11.7 Å². The Bertz CT molecular complexity index is 892. The maximum Gasteiger partial charge on any atom is 0.254 e. The van der Waals surface area contributed by atoms with E-state index in [4.69, 9.17) is 0 Å². The van der Waals surface area contributed by atoms with Crippen LogP contribution in [0.2, 0.25) is 0 Å². The highest BCUT2D eigenvalue weighted by Gasteiger charge is 2.29. The van der Waals surface area contributed by atoms with Gasteiger partial charge in [-0.2, -0.15) is 0 Å². The Morgan fingerprint density at radius 3 is 2.58 bits per heavy atom. The predicted octanol–water partition coefficient (Wildman–Crippen LogP) is 3.83. The summed E-state index contributed by atoms with van der Waals surface area (Å²) in [7, 11) is 0. The zero-order valence-electron chi connectivity index (χ0n) is 15.9. The fraction of sp³-hybridized carbons (Fsp3) is 0.450. The quantitative estimate of drug-likeness (QED) is 0.833. The smallest absolute Gasteiger partial charge is 0.254 e. The van der Waals surface area contributed by atoms with Gasteiger partial charge in [-0.3, -0.25) is 14.2 Å². The number of benzene rings is 1. The number of hydrogen-bond donors (Lipinski definition) is 1. The Hall–Kier alpha value is -2.08. The summed E-state index contributed by atoms with van der Waals surface area (Å²) in [5, 5.41) is 3.72. The van der Waals surface area contributed by atoms with Crippen molar-refractivity contribution in [2.45, 2.75) is 57.7 Å². The first kappa shape index (κ1) is 18.7. The number of para-hydroxylation sites is 1. The summed E-state index contributed by atoms with van der Waals surface area (Å²) in [6.07, 6.45) is 0.268. The average molecular weight is 372 g/mol. The summed E-state index contributed by atoms with van der Waals surface area (Å²) in [6.45, 7) is 10.1. The molecule has 1 N–H and O–H groups in total. The van der Waals surface area contributed by atoms with Crippen LogP contribution in [0.1, 0.15) is 50.1 Å². The van der Waals surface area contributed by atoms with E-state index in [-0.39, 0.29) is 29.3 Å². The van der Waals surface area contributed by atoms with Gasteiger partial charge in [0.2, 0.25) is 5.91 Å². The molecule has 0 spiro atoms. The van der Waals surface area contributed by atoms with Crippen molar-refractivity contribution in [3.8, 4) is 0 Å². The van der Waals surface area contributed by atoms with Crippen LogP contribution in [0.4, 0.5) is 5.69 Å². The topological polar surface area (TPSA) is 64.0 Å². The molecular weight excluding hydrogens is 346 g/mol. The van der Waals surface area contributed by atoms with Gasteiger partial charge in [0.25, 0.3) is 5.56 Å². The van der Waals surface area contributed by atoms with Crippen LogP contribution in [0.25, 0.3) is 0 Å². The molecule has 1 aliphatic rings. The van der Waals surface area contributed by atoms with E-state index in [2.05, 4.69) is 10.3 Å². The summed E-state index contributed by atoms with van der Waals surface area (Å²) in [4.78, 5) is 29.8. The lowest BCUT2D eigenvalue weighted by Crippen LogP contribution is -2.29. The minimum atomic E-state index is -0.173. The first-order chi connectivity index (χ1) is 12.2. The third kappa shape index (κ3) is 3.70. The van der Waals surface area contributed by atoms with E-state index in [1.807, 2.05) is 52.8 Å². The molecule has 3 rings (SSSR count). The van der Waals surface area contributed by atoms with Crippen molar-refractivity contribution < 1.29 is 4.79 Å². The fourth-order valence-corrected chi connectivity index (χ4v) is 4.25. The number of nitrogens with zero attached hydrogens (tertiary/aromatic N) is 2. The molecule has 1 unspecified atom stereocenters. The molecule has 1 atom stereocenters. The number of thioether (sulfide) groups is 1. The number of carbonyl (C=O) groups is 1. The Balaban J connectivity index is 1.80. The van der Waals surface area contributed by atoms with Gasteiger partial charge >= 0.3 is 0 Å². The Morgan fingerprint density at radius 1 is 1.31 bits per heavy atom. The number of carbonyl (C=O) groups excluding carboxylic acids is 1. The molecule has 26 heavy (non-hydrogen) atoms. The number of fused-ring (bicyclic) bond motifs is 1. The van der Waals surface area contributed by atoms with Gasteiger partial charge in [-0.25, -0.2) is 4.98 Å². The van der Waals surface area contributed by atoms with Gasteiger partial charge in [0, 0.05) is 29.3 Å². The second-order valence-corrected chi connectivity index (χ2v) is 8.85. The molecule has 1 amide bonds. The van der Waals surface area contributed by atoms with Crippen LogP contribution in [0, 0.1) is 13.8 Å². The fourth-order valence-electron chi connectivity index (χ4n) is 3.10. The van der Waals surface area contributed by atoms with Crippen molar-refractivity contribution in [2.75, 3.05) is 11.1 Å². The molecule has 0 aliphatic carbocycles. The predicted molar refractivity (Wildman–Crippen MR) is 106 cm³/mol. The van der Waals surface area contributed by atoms with Crippen LogP contribution in [0.3, 0.4) is 0 Å². The molecular formula is C20H25N3O2S. The van der Waals surface area contributed by atoms with Crippen molar-refractivity contribution in [3.05, 3.63) is 51.4 Å². The van der Waals surface area contributed by atoms with Gasteiger partial charge in [0.15, 0.2) is 5.16 Å². The summed E-state index contributed by atoms with van der Waals surface area (Å²) in [5.41, 5.74) is 3.47. The lowest BCUT2D eigenvalue weighted by molar-refractivity contribution is -0.116. The molecule has 0 radical (unpaired) electrons. The van der Waals surface area contributed by atoms with Crippen molar-refractivity contribution in [3.63, 3.8) is 0 Å². The second-order valence-electron chi connectivity index (χ2n) is 7.87. The number of aromatic nitrogens is 2. The number of hydrogen-bond acceptors (Lipinski definition) is 4. The Morgan fingerprint density at radius 2 is 1.96 bits per heavy atom. The number of nitrogens with one attached hydrogen (secondary N) is 1. The number of amides is 1. The second kappa shape index (κ2) is 6.91. The zero-order chi connectivity index (χ0) is 19.1. The van der Waals surface area contributed by atoms with Crippen LogP contribution < -0.4 is 10.9 Å². The monoisotopic (exact) mass is 371 g/mol. The summed E-state index contributed by atoms with van der Waals surface area (Å²) in [5.74, 6) is 0.614. The van der Waals surface area contributed by atoms with E-state index >= 15 is 0 Å². The first-order valence-corrected chi connectivity index (χ1v) is 9.78. The van der Waals surface area contributed by atoms with E-state index in [9.17, 15) is 9.59 Å². The SMILES string of the molecule is Cc1cccc(C)c1NC(=O)CC1CSc2nc(C(C)(C)C)cc(=O)n21. The number of aryl methyl sites for hydroxylation is 2.